The smallest absolute Gasteiger partial charge is 0.337 e. The molecule has 0 spiro atoms. The lowest BCUT2D eigenvalue weighted by Crippen LogP contribution is -2.46. The highest BCUT2D eigenvalue weighted by Crippen LogP contribution is 2.39. The van der Waals surface area contributed by atoms with Crippen molar-refractivity contribution in [3.05, 3.63) is 53.2 Å². The highest BCUT2D eigenvalue weighted by molar-refractivity contribution is 7.80. The van der Waals surface area contributed by atoms with Gasteiger partial charge in [-0.1, -0.05) is 30.3 Å². The molecular weight excluding hydrogens is 324 g/mol. The van der Waals surface area contributed by atoms with Gasteiger partial charge in [-0.15, -0.1) is 0 Å². The second kappa shape index (κ2) is 6.13. The number of esters is 1. The molecule has 0 aromatic heterocycles. The van der Waals surface area contributed by atoms with E-state index < -0.39 is 12.0 Å². The van der Waals surface area contributed by atoms with E-state index in [9.17, 15) is 9.90 Å². The first kappa shape index (κ1) is 16.3. The number of aromatic hydroxyl groups is 1. The molecule has 3 rings (SSSR count). The number of hydrogen-bond donors (Lipinski definition) is 2. The third-order valence-corrected chi connectivity index (χ3v) is 4.79. The van der Waals surface area contributed by atoms with Crippen LogP contribution in [-0.2, 0) is 9.53 Å². The second-order valence-electron chi connectivity index (χ2n) is 5.65. The van der Waals surface area contributed by atoms with Gasteiger partial charge in [0.05, 0.1) is 18.7 Å². The Kier molecular flexibility index (Phi) is 4.15. The Morgan fingerprint density at radius 1 is 1.29 bits per heavy atom. The molecule has 5 nitrogen and oxygen atoms in total. The topological polar surface area (TPSA) is 61.8 Å². The van der Waals surface area contributed by atoms with E-state index in [0.29, 0.717) is 21.9 Å². The third-order valence-electron chi connectivity index (χ3n) is 4.40. The maximum Gasteiger partial charge on any atom is 0.337 e. The van der Waals surface area contributed by atoms with Crippen molar-refractivity contribution in [2.75, 3.05) is 14.2 Å². The monoisotopic (exact) mass is 342 g/mol. The predicted molar refractivity (Wildman–Crippen MR) is 96.6 cm³/mol. The van der Waals surface area contributed by atoms with Gasteiger partial charge in [0.2, 0.25) is 0 Å². The summed E-state index contributed by atoms with van der Waals surface area (Å²) in [5.74, 6) is -0.348. The predicted octanol–water partition coefficient (Wildman–Crippen LogP) is 2.85. The zero-order valence-electron chi connectivity index (χ0n) is 13.7. The van der Waals surface area contributed by atoms with Crippen LogP contribution >= 0.6 is 12.2 Å². The highest BCUT2D eigenvalue weighted by Gasteiger charge is 2.35. The Morgan fingerprint density at radius 2 is 2.00 bits per heavy atom. The summed E-state index contributed by atoms with van der Waals surface area (Å²) in [4.78, 5) is 14.1. The van der Waals surface area contributed by atoms with Crippen LogP contribution in [-0.4, -0.2) is 35.2 Å². The van der Waals surface area contributed by atoms with Crippen LogP contribution < -0.4 is 5.32 Å². The van der Waals surface area contributed by atoms with Crippen molar-refractivity contribution >= 4 is 34.1 Å². The van der Waals surface area contributed by atoms with Crippen LogP contribution in [0.1, 0.15) is 18.5 Å². The SMILES string of the molecule is COC(=O)C1=C(C)N(C)C(=S)NC1c1c(O)ccc2ccccc12. The van der Waals surface area contributed by atoms with E-state index in [4.69, 9.17) is 17.0 Å². The summed E-state index contributed by atoms with van der Waals surface area (Å²) >= 11 is 5.37. The number of fused-ring (bicyclic) bond motifs is 1. The lowest BCUT2D eigenvalue weighted by Gasteiger charge is -2.35. The number of ether oxygens (including phenoxy) is 1. The summed E-state index contributed by atoms with van der Waals surface area (Å²) in [5.41, 5.74) is 1.74. The van der Waals surface area contributed by atoms with Gasteiger partial charge in [0, 0.05) is 18.3 Å². The standard InChI is InChI=1S/C18H18N2O3S/c1-10-14(17(22)23-3)16(19-18(24)20(10)2)15-12-7-5-4-6-11(12)8-9-13(15)21/h4-9,16,21H,1-3H3,(H,19,24). The number of carbonyl (C=O) groups excluding carboxylic acids is 1. The Bertz CT molecular complexity index is 876. The van der Waals surface area contributed by atoms with Gasteiger partial charge in [0.25, 0.3) is 0 Å². The minimum atomic E-state index is -0.577. The number of nitrogens with zero attached hydrogens (tertiary/aromatic N) is 1. The van der Waals surface area contributed by atoms with E-state index in [-0.39, 0.29) is 5.75 Å². The molecule has 0 saturated carbocycles. The van der Waals surface area contributed by atoms with Crippen molar-refractivity contribution in [3.63, 3.8) is 0 Å². The molecule has 24 heavy (non-hydrogen) atoms. The maximum atomic E-state index is 12.4. The van der Waals surface area contributed by atoms with Gasteiger partial charge in [0.15, 0.2) is 5.11 Å². The van der Waals surface area contributed by atoms with Crippen molar-refractivity contribution in [1.29, 1.82) is 0 Å². The average molecular weight is 342 g/mol. The second-order valence-corrected chi connectivity index (χ2v) is 6.04. The zero-order chi connectivity index (χ0) is 17.4. The molecule has 6 heteroatoms. The molecule has 1 aliphatic rings. The van der Waals surface area contributed by atoms with Crippen LogP contribution in [0.5, 0.6) is 5.75 Å². The average Bonchev–Trinajstić information content (AvgIpc) is 2.59. The van der Waals surface area contributed by atoms with Crippen molar-refractivity contribution < 1.29 is 14.6 Å². The van der Waals surface area contributed by atoms with Crippen molar-refractivity contribution in [2.24, 2.45) is 0 Å². The van der Waals surface area contributed by atoms with Gasteiger partial charge in [-0.25, -0.2) is 4.79 Å². The fourth-order valence-corrected chi connectivity index (χ4v) is 3.27. The first-order valence-electron chi connectivity index (χ1n) is 7.49. The Balaban J connectivity index is 2.29. The molecule has 1 unspecified atom stereocenters. The number of phenols is 1. The van der Waals surface area contributed by atoms with Crippen LogP contribution in [0.15, 0.2) is 47.7 Å². The normalized spacial score (nSPS) is 17.9. The van der Waals surface area contributed by atoms with Gasteiger partial charge >= 0.3 is 5.97 Å². The number of hydrogen-bond acceptors (Lipinski definition) is 4. The number of phenolic OH excluding ortho intramolecular Hbond substituents is 1. The van der Waals surface area contributed by atoms with E-state index in [1.54, 1.807) is 18.0 Å². The van der Waals surface area contributed by atoms with Crippen LogP contribution in [0.2, 0.25) is 0 Å². The molecule has 0 fully saturated rings. The number of thiocarbonyl (C=S) groups is 1. The molecule has 2 N–H and O–H groups in total. The van der Waals surface area contributed by atoms with Gasteiger partial charge in [-0.2, -0.15) is 0 Å². The highest BCUT2D eigenvalue weighted by atomic mass is 32.1. The number of allylic oxidation sites excluding steroid dienone is 1. The van der Waals surface area contributed by atoms with E-state index in [1.807, 2.05) is 37.3 Å². The summed E-state index contributed by atoms with van der Waals surface area (Å²) in [6, 6.07) is 10.6. The number of carbonyl (C=O) groups is 1. The summed E-state index contributed by atoms with van der Waals surface area (Å²) < 4.78 is 4.96. The molecule has 0 aliphatic carbocycles. The van der Waals surface area contributed by atoms with Crippen LogP contribution in [0.4, 0.5) is 0 Å². The third kappa shape index (κ3) is 2.49. The minimum Gasteiger partial charge on any atom is -0.508 e. The van der Waals surface area contributed by atoms with Gasteiger partial charge in [-0.05, 0) is 36.0 Å². The number of methoxy groups -OCH3 is 1. The number of rotatable bonds is 2. The zero-order valence-corrected chi connectivity index (χ0v) is 14.5. The Morgan fingerprint density at radius 3 is 2.71 bits per heavy atom. The first-order valence-corrected chi connectivity index (χ1v) is 7.90. The maximum absolute atomic E-state index is 12.4. The molecule has 0 amide bonds. The van der Waals surface area contributed by atoms with Crippen LogP contribution in [0.25, 0.3) is 10.8 Å². The van der Waals surface area contributed by atoms with Crippen LogP contribution in [0.3, 0.4) is 0 Å². The summed E-state index contributed by atoms with van der Waals surface area (Å²) in [6.07, 6.45) is 0. The van der Waals surface area contributed by atoms with E-state index in [2.05, 4.69) is 5.32 Å². The molecule has 0 saturated heterocycles. The van der Waals surface area contributed by atoms with E-state index in [1.165, 1.54) is 7.11 Å². The van der Waals surface area contributed by atoms with Crippen molar-refractivity contribution in [3.8, 4) is 5.75 Å². The van der Waals surface area contributed by atoms with Gasteiger partial charge in [0.1, 0.15) is 5.75 Å². The molecule has 2 aromatic carbocycles. The number of benzene rings is 2. The Labute approximate surface area is 145 Å². The molecule has 0 radical (unpaired) electrons. The lowest BCUT2D eigenvalue weighted by molar-refractivity contribution is -0.136. The van der Waals surface area contributed by atoms with Gasteiger partial charge < -0.3 is 20.1 Å². The Hall–Kier alpha value is -2.60. The minimum absolute atomic E-state index is 0.104. The summed E-state index contributed by atoms with van der Waals surface area (Å²) in [7, 11) is 3.13. The molecule has 1 aliphatic heterocycles. The van der Waals surface area contributed by atoms with E-state index in [0.717, 1.165) is 10.8 Å². The van der Waals surface area contributed by atoms with Crippen molar-refractivity contribution in [1.82, 2.24) is 10.2 Å². The van der Waals surface area contributed by atoms with Gasteiger partial charge in [-0.3, -0.25) is 0 Å². The quantitative estimate of drug-likeness (QED) is 0.646. The summed E-state index contributed by atoms with van der Waals surface area (Å²) in [6.45, 7) is 1.81. The molecule has 0 bridgehead atoms. The molecule has 124 valence electrons. The van der Waals surface area contributed by atoms with E-state index >= 15 is 0 Å². The number of nitrogens with one attached hydrogen (secondary N) is 1. The van der Waals surface area contributed by atoms with Crippen LogP contribution in [0, 0.1) is 0 Å². The molecule has 1 heterocycles. The lowest BCUT2D eigenvalue weighted by atomic mass is 9.90. The largest absolute Gasteiger partial charge is 0.508 e. The van der Waals surface area contributed by atoms with Crippen molar-refractivity contribution in [2.45, 2.75) is 13.0 Å². The summed E-state index contributed by atoms with van der Waals surface area (Å²) in [5, 5.41) is 16.0. The fourth-order valence-electron chi connectivity index (χ4n) is 3.01. The molecule has 1 atom stereocenters. The fraction of sp³-hybridized carbons (Fsp3) is 0.222. The molecular formula is C18H18N2O3S. The first-order chi connectivity index (χ1) is 11.5. The molecule has 2 aromatic rings.